The van der Waals surface area contributed by atoms with Gasteiger partial charge in [0, 0.05) is 30.1 Å². The third-order valence-electron chi connectivity index (χ3n) is 5.32. The lowest BCUT2D eigenvalue weighted by Gasteiger charge is -2.32. The third kappa shape index (κ3) is 2.71. The number of likely N-dealkylation sites (tertiary alicyclic amines) is 1. The fourth-order valence-electron chi connectivity index (χ4n) is 4.07. The Morgan fingerprint density at radius 2 is 1.90 bits per heavy atom. The summed E-state index contributed by atoms with van der Waals surface area (Å²) in [5, 5.41) is 1.23. The second-order valence-corrected chi connectivity index (χ2v) is 7.80. The van der Waals surface area contributed by atoms with Crippen LogP contribution in [0.25, 0.3) is 0 Å². The molecule has 0 radical (unpaired) electrons. The van der Waals surface area contributed by atoms with Crippen LogP contribution in [0.1, 0.15) is 55.1 Å². The highest BCUT2D eigenvalue weighted by atomic mass is 32.1. The van der Waals surface area contributed by atoms with Crippen LogP contribution in [0, 0.1) is 0 Å². The highest BCUT2D eigenvalue weighted by Gasteiger charge is 2.31. The van der Waals surface area contributed by atoms with E-state index < -0.39 is 0 Å². The van der Waals surface area contributed by atoms with Crippen LogP contribution in [0.5, 0.6) is 0 Å². The molecule has 2 unspecified atom stereocenters. The Morgan fingerprint density at radius 3 is 2.71 bits per heavy atom. The van der Waals surface area contributed by atoms with Gasteiger partial charge >= 0.3 is 0 Å². The monoisotopic (exact) mass is 306 g/mol. The molecular formula is C16H26N4S. The lowest BCUT2D eigenvalue weighted by atomic mass is 9.99. The maximum Gasteiger partial charge on any atom is 0.185 e. The minimum Gasteiger partial charge on any atom is -0.346 e. The molecule has 0 bridgehead atoms. The van der Waals surface area contributed by atoms with E-state index >= 15 is 0 Å². The average molecular weight is 306 g/mol. The normalized spacial score (nSPS) is 30.6. The van der Waals surface area contributed by atoms with Gasteiger partial charge in [0.2, 0.25) is 0 Å². The van der Waals surface area contributed by atoms with Crippen molar-refractivity contribution in [3.05, 3.63) is 10.6 Å². The van der Waals surface area contributed by atoms with E-state index in [-0.39, 0.29) is 6.04 Å². The summed E-state index contributed by atoms with van der Waals surface area (Å²) in [6.45, 7) is 4.94. The predicted octanol–water partition coefficient (Wildman–Crippen LogP) is 2.54. The smallest absolute Gasteiger partial charge is 0.185 e. The van der Waals surface area contributed by atoms with Gasteiger partial charge in [-0.1, -0.05) is 17.8 Å². The fraction of sp³-hybridized carbons (Fsp3) is 0.812. The van der Waals surface area contributed by atoms with Crippen molar-refractivity contribution < 1.29 is 0 Å². The van der Waals surface area contributed by atoms with Crippen LogP contribution in [0.15, 0.2) is 0 Å². The van der Waals surface area contributed by atoms with Gasteiger partial charge < -0.3 is 10.6 Å². The quantitative estimate of drug-likeness (QED) is 0.912. The minimum atomic E-state index is 0.237. The van der Waals surface area contributed by atoms with Crippen LogP contribution in [0.4, 0.5) is 5.13 Å². The molecule has 116 valence electrons. The molecule has 0 spiro atoms. The number of fused-ring (bicyclic) bond motifs is 1. The highest BCUT2D eigenvalue weighted by Crippen LogP contribution is 2.37. The average Bonchev–Trinajstić information content (AvgIpc) is 3.15. The summed E-state index contributed by atoms with van der Waals surface area (Å²) in [7, 11) is 0. The molecule has 21 heavy (non-hydrogen) atoms. The Bertz CT molecular complexity index is 494. The van der Waals surface area contributed by atoms with Gasteiger partial charge in [-0.2, -0.15) is 0 Å². The molecule has 0 saturated carbocycles. The number of hydrogen-bond acceptors (Lipinski definition) is 5. The van der Waals surface area contributed by atoms with Crippen molar-refractivity contribution in [2.24, 2.45) is 5.73 Å². The third-order valence-corrected chi connectivity index (χ3v) is 6.61. The number of aryl methyl sites for hydroxylation is 1. The van der Waals surface area contributed by atoms with Crippen LogP contribution in [-0.2, 0) is 6.42 Å². The first kappa shape index (κ1) is 14.0. The molecule has 2 atom stereocenters. The van der Waals surface area contributed by atoms with Crippen molar-refractivity contribution in [2.75, 3.05) is 31.1 Å². The Kier molecular flexibility index (Phi) is 3.90. The number of thiazole rings is 1. The molecule has 2 N–H and O–H groups in total. The van der Waals surface area contributed by atoms with Crippen LogP contribution >= 0.6 is 11.3 Å². The Morgan fingerprint density at radius 1 is 1.05 bits per heavy atom. The van der Waals surface area contributed by atoms with Crippen molar-refractivity contribution in [3.8, 4) is 0 Å². The maximum atomic E-state index is 6.25. The van der Waals surface area contributed by atoms with E-state index in [1.807, 2.05) is 11.3 Å². The van der Waals surface area contributed by atoms with Gasteiger partial charge in [-0.15, -0.1) is 0 Å². The zero-order chi connectivity index (χ0) is 14.2. The molecule has 4 nitrogen and oxygen atoms in total. The highest BCUT2D eigenvalue weighted by molar-refractivity contribution is 7.15. The number of nitrogens with zero attached hydrogens (tertiary/aromatic N) is 3. The maximum absolute atomic E-state index is 6.25. The molecule has 2 saturated heterocycles. The standard InChI is InChI=1S/C16H26N4S/c17-13-5-4-6-14-15(13)21-16(18-14)20-10-7-12(11-20)19-8-2-1-3-9-19/h12-13H,1-11,17H2. The summed E-state index contributed by atoms with van der Waals surface area (Å²) in [5.74, 6) is 0. The topological polar surface area (TPSA) is 45.4 Å². The Balaban J connectivity index is 1.45. The van der Waals surface area contributed by atoms with Gasteiger partial charge in [0.25, 0.3) is 0 Å². The summed E-state index contributed by atoms with van der Waals surface area (Å²) in [6.07, 6.45) is 8.95. The predicted molar refractivity (Wildman–Crippen MR) is 88.0 cm³/mol. The molecule has 2 aliphatic heterocycles. The zero-order valence-corrected chi connectivity index (χ0v) is 13.6. The SMILES string of the molecule is NC1CCCc2nc(N3CCC(N4CCCCC4)C3)sc21. The summed E-state index contributed by atoms with van der Waals surface area (Å²) < 4.78 is 0. The van der Waals surface area contributed by atoms with Crippen molar-refractivity contribution in [1.82, 2.24) is 9.88 Å². The molecule has 3 heterocycles. The minimum absolute atomic E-state index is 0.237. The second-order valence-electron chi connectivity index (χ2n) is 6.79. The zero-order valence-electron chi connectivity index (χ0n) is 12.8. The Hall–Kier alpha value is -0.650. The van der Waals surface area contributed by atoms with E-state index in [0.717, 1.165) is 18.9 Å². The second kappa shape index (κ2) is 5.86. The number of hydrogen-bond donors (Lipinski definition) is 1. The van der Waals surface area contributed by atoms with Crippen LogP contribution < -0.4 is 10.6 Å². The van der Waals surface area contributed by atoms with Crippen LogP contribution in [-0.4, -0.2) is 42.1 Å². The lowest BCUT2D eigenvalue weighted by molar-refractivity contribution is 0.175. The summed E-state index contributed by atoms with van der Waals surface area (Å²) in [5.41, 5.74) is 7.53. The van der Waals surface area contributed by atoms with Gasteiger partial charge in [0.05, 0.1) is 5.69 Å². The first-order valence-electron chi connectivity index (χ1n) is 8.55. The number of nitrogens with two attached hydrogens (primary N) is 1. The van der Waals surface area contributed by atoms with E-state index in [0.29, 0.717) is 0 Å². The van der Waals surface area contributed by atoms with Crippen LogP contribution in [0.3, 0.4) is 0 Å². The van der Waals surface area contributed by atoms with Crippen LogP contribution in [0.2, 0.25) is 0 Å². The van der Waals surface area contributed by atoms with Gasteiger partial charge in [0.1, 0.15) is 0 Å². The largest absolute Gasteiger partial charge is 0.346 e. The summed E-state index contributed by atoms with van der Waals surface area (Å²) in [4.78, 5) is 11.5. The number of aromatic nitrogens is 1. The van der Waals surface area contributed by atoms with Crippen molar-refractivity contribution in [3.63, 3.8) is 0 Å². The molecule has 0 aromatic carbocycles. The number of anilines is 1. The molecule has 1 aromatic heterocycles. The first-order valence-corrected chi connectivity index (χ1v) is 9.37. The van der Waals surface area contributed by atoms with Gasteiger partial charge in [-0.05, 0) is 51.6 Å². The van der Waals surface area contributed by atoms with Crippen molar-refractivity contribution in [2.45, 2.75) is 57.0 Å². The van der Waals surface area contributed by atoms with E-state index in [1.165, 1.54) is 74.0 Å². The van der Waals surface area contributed by atoms with E-state index in [1.54, 1.807) is 0 Å². The molecule has 1 aromatic rings. The van der Waals surface area contributed by atoms with Crippen molar-refractivity contribution >= 4 is 16.5 Å². The lowest BCUT2D eigenvalue weighted by Crippen LogP contribution is -2.40. The molecule has 0 amide bonds. The van der Waals surface area contributed by atoms with Gasteiger partial charge in [0.15, 0.2) is 5.13 Å². The molecule has 4 rings (SSSR count). The van der Waals surface area contributed by atoms with E-state index in [2.05, 4.69) is 9.80 Å². The summed E-state index contributed by atoms with van der Waals surface area (Å²) >= 11 is 1.86. The first-order chi connectivity index (χ1) is 10.3. The summed E-state index contributed by atoms with van der Waals surface area (Å²) in [6, 6.07) is 0.986. The van der Waals surface area contributed by atoms with Gasteiger partial charge in [-0.3, -0.25) is 4.90 Å². The van der Waals surface area contributed by atoms with E-state index in [4.69, 9.17) is 10.7 Å². The molecule has 2 fully saturated rings. The molecule has 1 aliphatic carbocycles. The number of piperidine rings is 1. The Labute approximate surface area is 131 Å². The van der Waals surface area contributed by atoms with Crippen molar-refractivity contribution in [1.29, 1.82) is 0 Å². The molecule has 5 heteroatoms. The van der Waals surface area contributed by atoms with E-state index in [9.17, 15) is 0 Å². The van der Waals surface area contributed by atoms with Gasteiger partial charge in [-0.25, -0.2) is 4.98 Å². The molecular weight excluding hydrogens is 280 g/mol. The molecule has 3 aliphatic rings. The fourth-order valence-corrected chi connectivity index (χ4v) is 5.25. The number of rotatable bonds is 2.